The van der Waals surface area contributed by atoms with Gasteiger partial charge in [-0.15, -0.1) is 0 Å². The van der Waals surface area contributed by atoms with Crippen LogP contribution in [0.5, 0.6) is 0 Å². The van der Waals surface area contributed by atoms with Crippen LogP contribution in [0.3, 0.4) is 0 Å². The average Bonchev–Trinajstić information content (AvgIpc) is 1.65. The van der Waals surface area contributed by atoms with E-state index in [0.717, 1.165) is 0 Å². The Hall–Kier alpha value is -0.850. The molecule has 0 aliphatic rings. The van der Waals surface area contributed by atoms with E-state index in [1.165, 1.54) is 0 Å². The molecular formula is C3H12N2O4. The highest BCUT2D eigenvalue weighted by atomic mass is 16.6. The van der Waals surface area contributed by atoms with Crippen LogP contribution in [0.25, 0.3) is 0 Å². The third kappa shape index (κ3) is 8430. The van der Waals surface area contributed by atoms with Crippen LogP contribution in [0, 0.1) is 0 Å². The first kappa shape index (κ1) is 15.7. The largest absolute Gasteiger partial charge is 0.503 e. The highest BCUT2D eigenvalue weighted by molar-refractivity contribution is 5.53. The summed E-state index contributed by atoms with van der Waals surface area (Å²) in [5, 5.41) is 21.7. The van der Waals surface area contributed by atoms with Crippen molar-refractivity contribution in [1.82, 2.24) is 6.15 Å². The number of carboxylic acid groups (broad SMARTS) is 2. The number of aliphatic hydroxyl groups is 1. The number of nitrogens with two attached hydrogens (primary N) is 1. The van der Waals surface area contributed by atoms with Gasteiger partial charge in [0.25, 0.3) is 0 Å². The summed E-state index contributed by atoms with van der Waals surface area (Å²) in [5.74, 6) is 0. The topological polar surface area (TPSA) is 139 Å². The van der Waals surface area contributed by atoms with Crippen molar-refractivity contribution in [3.05, 3.63) is 0 Å². The summed E-state index contributed by atoms with van der Waals surface area (Å²) in [6, 6.07) is 0. The standard InChI is InChI=1S/C2H7NO.CH2O3.H3N/c3-1-2-4;2-1(3)4;/h4H,1-3H2;(H2,2,3,4);1H3. The third-order valence-electron chi connectivity index (χ3n) is 0.129. The molecule has 0 bridgehead atoms. The predicted molar refractivity (Wildman–Crippen MR) is 31.8 cm³/mol. The van der Waals surface area contributed by atoms with Gasteiger partial charge in [-0.1, -0.05) is 0 Å². The monoisotopic (exact) mass is 140 g/mol. The molecule has 0 aliphatic heterocycles. The molecule has 0 aromatic carbocycles. The number of rotatable bonds is 1. The lowest BCUT2D eigenvalue weighted by Gasteiger charge is -1.71. The highest BCUT2D eigenvalue weighted by Gasteiger charge is 1.70. The van der Waals surface area contributed by atoms with Crippen LogP contribution in [0.15, 0.2) is 0 Å². The smallest absolute Gasteiger partial charge is 0.450 e. The van der Waals surface area contributed by atoms with Crippen molar-refractivity contribution in [1.29, 1.82) is 0 Å². The van der Waals surface area contributed by atoms with Gasteiger partial charge in [0.1, 0.15) is 0 Å². The number of carbonyl (C=O) groups is 1. The van der Waals surface area contributed by atoms with Crippen LogP contribution in [0.4, 0.5) is 4.79 Å². The quantitative estimate of drug-likeness (QED) is 0.327. The Morgan fingerprint density at radius 1 is 1.44 bits per heavy atom. The summed E-state index contributed by atoms with van der Waals surface area (Å²) in [7, 11) is 0. The van der Waals surface area contributed by atoms with Crippen molar-refractivity contribution in [2.45, 2.75) is 0 Å². The number of aliphatic hydroxyl groups excluding tert-OH is 1. The van der Waals surface area contributed by atoms with Crippen LogP contribution in [-0.2, 0) is 0 Å². The van der Waals surface area contributed by atoms with Gasteiger partial charge in [-0.25, -0.2) is 4.79 Å². The summed E-state index contributed by atoms with van der Waals surface area (Å²) in [5.41, 5.74) is 4.78. The van der Waals surface area contributed by atoms with Crippen LogP contribution in [0.2, 0.25) is 0 Å². The second kappa shape index (κ2) is 15.7. The first-order valence-corrected chi connectivity index (χ1v) is 1.88. The van der Waals surface area contributed by atoms with E-state index in [1.807, 2.05) is 0 Å². The van der Waals surface area contributed by atoms with Crippen molar-refractivity contribution >= 4 is 6.16 Å². The zero-order valence-electron chi connectivity index (χ0n) is 4.95. The minimum atomic E-state index is -1.83. The Balaban J connectivity index is -0.0000000720. The average molecular weight is 140 g/mol. The minimum absolute atomic E-state index is 0. The second-order valence-electron chi connectivity index (χ2n) is 0.795. The molecule has 58 valence electrons. The van der Waals surface area contributed by atoms with Gasteiger partial charge in [0, 0.05) is 6.54 Å². The molecule has 0 saturated carbocycles. The molecule has 0 rings (SSSR count). The van der Waals surface area contributed by atoms with E-state index in [-0.39, 0.29) is 12.8 Å². The molecule has 0 spiro atoms. The van der Waals surface area contributed by atoms with Gasteiger partial charge in [0.2, 0.25) is 0 Å². The van der Waals surface area contributed by atoms with Gasteiger partial charge in [-0.05, 0) is 0 Å². The normalized spacial score (nSPS) is 6.00. The third-order valence-corrected chi connectivity index (χ3v) is 0.129. The van der Waals surface area contributed by atoms with E-state index in [2.05, 4.69) is 0 Å². The lowest BCUT2D eigenvalue weighted by molar-refractivity contribution is 0.137. The SMILES string of the molecule is N.NCCO.O=C(O)O. The van der Waals surface area contributed by atoms with Gasteiger partial charge in [0.05, 0.1) is 6.61 Å². The maximum Gasteiger partial charge on any atom is 0.503 e. The van der Waals surface area contributed by atoms with E-state index < -0.39 is 6.16 Å². The van der Waals surface area contributed by atoms with Crippen molar-refractivity contribution < 1.29 is 20.1 Å². The fraction of sp³-hybridized carbons (Fsp3) is 0.667. The summed E-state index contributed by atoms with van der Waals surface area (Å²) in [4.78, 5) is 8.56. The summed E-state index contributed by atoms with van der Waals surface area (Å²) in [6.45, 7) is 0.472. The molecule has 0 atom stereocenters. The Kier molecular flexibility index (Phi) is 27.4. The maximum atomic E-state index is 8.56. The molecule has 0 saturated heterocycles. The van der Waals surface area contributed by atoms with E-state index in [1.54, 1.807) is 0 Å². The van der Waals surface area contributed by atoms with Crippen molar-refractivity contribution in [2.75, 3.05) is 13.2 Å². The summed E-state index contributed by atoms with van der Waals surface area (Å²) < 4.78 is 0. The van der Waals surface area contributed by atoms with Crippen molar-refractivity contribution in [3.8, 4) is 0 Å². The predicted octanol–water partition coefficient (Wildman–Crippen LogP) is -0.678. The first-order chi connectivity index (χ1) is 3.65. The molecular weight excluding hydrogens is 128 g/mol. The molecule has 0 aromatic heterocycles. The van der Waals surface area contributed by atoms with E-state index in [0.29, 0.717) is 6.54 Å². The zero-order chi connectivity index (χ0) is 6.99. The Morgan fingerprint density at radius 2 is 1.56 bits per heavy atom. The van der Waals surface area contributed by atoms with E-state index in [9.17, 15) is 0 Å². The Labute approximate surface area is 52.5 Å². The fourth-order valence-electron chi connectivity index (χ4n) is 0. The molecule has 0 unspecified atom stereocenters. The van der Waals surface area contributed by atoms with Gasteiger partial charge in [-0.3, -0.25) is 0 Å². The van der Waals surface area contributed by atoms with Crippen molar-refractivity contribution in [2.24, 2.45) is 5.73 Å². The van der Waals surface area contributed by atoms with Crippen LogP contribution >= 0.6 is 0 Å². The van der Waals surface area contributed by atoms with Crippen LogP contribution < -0.4 is 11.9 Å². The molecule has 0 aromatic rings. The maximum absolute atomic E-state index is 8.56. The van der Waals surface area contributed by atoms with E-state index in [4.69, 9.17) is 25.8 Å². The summed E-state index contributed by atoms with van der Waals surface area (Å²) in [6.07, 6.45) is -1.83. The van der Waals surface area contributed by atoms with E-state index >= 15 is 0 Å². The first-order valence-electron chi connectivity index (χ1n) is 1.88. The zero-order valence-corrected chi connectivity index (χ0v) is 4.95. The molecule has 0 heterocycles. The van der Waals surface area contributed by atoms with Gasteiger partial charge in [0.15, 0.2) is 0 Å². The van der Waals surface area contributed by atoms with Gasteiger partial charge in [-0.2, -0.15) is 0 Å². The Morgan fingerprint density at radius 3 is 1.56 bits per heavy atom. The molecule has 0 aliphatic carbocycles. The summed E-state index contributed by atoms with van der Waals surface area (Å²) >= 11 is 0. The van der Waals surface area contributed by atoms with Gasteiger partial charge < -0.3 is 27.2 Å². The minimum Gasteiger partial charge on any atom is -0.450 e. The van der Waals surface area contributed by atoms with Crippen molar-refractivity contribution in [3.63, 3.8) is 0 Å². The number of hydrogen-bond acceptors (Lipinski definition) is 4. The molecule has 0 amide bonds. The fourth-order valence-corrected chi connectivity index (χ4v) is 0. The Bertz CT molecular complexity index is 51.8. The molecule has 6 heteroatoms. The molecule has 8 N–H and O–H groups in total. The van der Waals surface area contributed by atoms with Crippen LogP contribution in [0.1, 0.15) is 0 Å². The molecule has 9 heavy (non-hydrogen) atoms. The molecule has 6 nitrogen and oxygen atoms in total. The molecule has 0 radical (unpaired) electrons. The molecule has 0 fully saturated rings. The van der Waals surface area contributed by atoms with Gasteiger partial charge >= 0.3 is 6.16 Å². The second-order valence-corrected chi connectivity index (χ2v) is 0.795. The lowest BCUT2D eigenvalue weighted by atomic mass is 10.8. The van der Waals surface area contributed by atoms with Crippen LogP contribution in [-0.4, -0.2) is 34.6 Å². The number of hydrogen-bond donors (Lipinski definition) is 5. The lowest BCUT2D eigenvalue weighted by Crippen LogP contribution is -2.02. The highest BCUT2D eigenvalue weighted by Crippen LogP contribution is 1.42.